The first-order valence-electron chi connectivity index (χ1n) is 5.06. The third-order valence-electron chi connectivity index (χ3n) is 2.17. The molecule has 0 fully saturated rings. The van der Waals surface area contributed by atoms with Gasteiger partial charge in [-0.3, -0.25) is 0 Å². The number of hydrogen-bond acceptors (Lipinski definition) is 1. The summed E-state index contributed by atoms with van der Waals surface area (Å²) in [6.07, 6.45) is 4.14. The molecule has 0 unspecified atom stereocenters. The Kier molecular flexibility index (Phi) is 2.68. The number of anilines is 1. The van der Waals surface area contributed by atoms with Crippen molar-refractivity contribution >= 4 is 5.69 Å². The van der Waals surface area contributed by atoms with Gasteiger partial charge in [0, 0.05) is 11.1 Å². The zero-order valence-corrected chi connectivity index (χ0v) is 9.07. The van der Waals surface area contributed by atoms with Crippen LogP contribution in [0.2, 0.25) is 0 Å². The standard InChI is InChI=1S/C13H15N2/c1-11-8-12(2)10-15(9-11)14-13-6-4-3-5-7-13/h3-10,14H,1-2H3/q+1. The molecule has 0 aliphatic carbocycles. The van der Waals surface area contributed by atoms with Crippen molar-refractivity contribution in [1.82, 2.24) is 0 Å². The minimum absolute atomic E-state index is 1.09. The van der Waals surface area contributed by atoms with Crippen molar-refractivity contribution in [3.05, 3.63) is 59.9 Å². The fraction of sp³-hybridized carbons (Fsp3) is 0.154. The highest BCUT2D eigenvalue weighted by atomic mass is 15.4. The number of aryl methyl sites for hydroxylation is 2. The van der Waals surface area contributed by atoms with E-state index in [2.05, 4.69) is 37.7 Å². The summed E-state index contributed by atoms with van der Waals surface area (Å²) in [5, 5.41) is 0. The highest BCUT2D eigenvalue weighted by molar-refractivity contribution is 5.39. The average Bonchev–Trinajstić information content (AvgIpc) is 2.17. The molecule has 0 amide bonds. The molecule has 0 aliphatic heterocycles. The fourth-order valence-electron chi connectivity index (χ4n) is 1.64. The second kappa shape index (κ2) is 4.13. The molecule has 2 nitrogen and oxygen atoms in total. The van der Waals surface area contributed by atoms with E-state index < -0.39 is 0 Å². The van der Waals surface area contributed by atoms with E-state index >= 15 is 0 Å². The first kappa shape index (κ1) is 9.71. The number of aromatic nitrogens is 1. The Hall–Kier alpha value is -1.83. The predicted octanol–water partition coefficient (Wildman–Crippen LogP) is 2.47. The van der Waals surface area contributed by atoms with Crippen molar-refractivity contribution < 1.29 is 4.68 Å². The van der Waals surface area contributed by atoms with Gasteiger partial charge in [-0.2, -0.15) is 5.43 Å². The first-order chi connectivity index (χ1) is 7.24. The summed E-state index contributed by atoms with van der Waals surface area (Å²) in [6, 6.07) is 12.3. The van der Waals surface area contributed by atoms with Crippen LogP contribution in [0, 0.1) is 13.8 Å². The van der Waals surface area contributed by atoms with Crippen molar-refractivity contribution in [2.45, 2.75) is 13.8 Å². The molecular formula is C13H15N2+. The molecule has 76 valence electrons. The van der Waals surface area contributed by atoms with Gasteiger partial charge in [0.05, 0.1) is 5.69 Å². The van der Waals surface area contributed by atoms with Gasteiger partial charge in [-0.05, 0) is 32.0 Å². The Morgan fingerprint density at radius 3 is 2.13 bits per heavy atom. The Morgan fingerprint density at radius 2 is 1.53 bits per heavy atom. The highest BCUT2D eigenvalue weighted by Crippen LogP contribution is 2.03. The third-order valence-corrected chi connectivity index (χ3v) is 2.17. The maximum absolute atomic E-state index is 3.30. The van der Waals surface area contributed by atoms with E-state index in [-0.39, 0.29) is 0 Å². The Morgan fingerprint density at radius 1 is 0.933 bits per heavy atom. The summed E-state index contributed by atoms with van der Waals surface area (Å²) in [4.78, 5) is 0. The van der Waals surface area contributed by atoms with E-state index in [9.17, 15) is 0 Å². The van der Waals surface area contributed by atoms with Crippen molar-refractivity contribution in [3.63, 3.8) is 0 Å². The Labute approximate surface area is 90.2 Å². The van der Waals surface area contributed by atoms with E-state index in [1.807, 2.05) is 35.0 Å². The molecule has 0 bridgehead atoms. The van der Waals surface area contributed by atoms with Crippen LogP contribution in [0.1, 0.15) is 11.1 Å². The third kappa shape index (κ3) is 2.56. The summed E-state index contributed by atoms with van der Waals surface area (Å²) in [7, 11) is 0. The number of para-hydroxylation sites is 1. The predicted molar refractivity (Wildman–Crippen MR) is 61.6 cm³/mol. The number of benzene rings is 1. The lowest BCUT2D eigenvalue weighted by molar-refractivity contribution is -0.643. The lowest BCUT2D eigenvalue weighted by Crippen LogP contribution is -2.42. The van der Waals surface area contributed by atoms with Crippen LogP contribution in [0.4, 0.5) is 5.69 Å². The van der Waals surface area contributed by atoms with E-state index in [1.54, 1.807) is 0 Å². The molecular weight excluding hydrogens is 184 g/mol. The normalized spacial score (nSPS) is 10.0. The molecule has 1 aromatic carbocycles. The summed E-state index contributed by atoms with van der Waals surface area (Å²) < 4.78 is 1.99. The van der Waals surface area contributed by atoms with Gasteiger partial charge in [0.2, 0.25) is 12.4 Å². The van der Waals surface area contributed by atoms with E-state index in [0.29, 0.717) is 0 Å². The van der Waals surface area contributed by atoms with Crippen LogP contribution in [-0.4, -0.2) is 0 Å². The lowest BCUT2D eigenvalue weighted by atomic mass is 10.2. The summed E-state index contributed by atoms with van der Waals surface area (Å²) >= 11 is 0. The monoisotopic (exact) mass is 199 g/mol. The van der Waals surface area contributed by atoms with Gasteiger partial charge in [-0.15, -0.1) is 0 Å². The van der Waals surface area contributed by atoms with Crippen molar-refractivity contribution in [3.8, 4) is 0 Å². The second-order valence-corrected chi connectivity index (χ2v) is 3.78. The van der Waals surface area contributed by atoms with Gasteiger partial charge in [0.1, 0.15) is 0 Å². The van der Waals surface area contributed by atoms with Gasteiger partial charge in [-0.25, -0.2) is 0 Å². The van der Waals surface area contributed by atoms with E-state index in [0.717, 1.165) is 5.69 Å². The summed E-state index contributed by atoms with van der Waals surface area (Å²) in [5.41, 5.74) is 6.89. The average molecular weight is 199 g/mol. The van der Waals surface area contributed by atoms with Crippen LogP contribution in [0.25, 0.3) is 0 Å². The lowest BCUT2D eigenvalue weighted by Gasteiger charge is -2.01. The van der Waals surface area contributed by atoms with E-state index in [4.69, 9.17) is 0 Å². The molecule has 2 aromatic rings. The van der Waals surface area contributed by atoms with Crippen LogP contribution in [-0.2, 0) is 0 Å². The smallest absolute Gasteiger partial charge is 0.161 e. The van der Waals surface area contributed by atoms with Gasteiger partial charge >= 0.3 is 0 Å². The maximum Gasteiger partial charge on any atom is 0.202 e. The van der Waals surface area contributed by atoms with Crippen LogP contribution in [0.5, 0.6) is 0 Å². The number of nitrogens with one attached hydrogen (secondary N) is 1. The van der Waals surface area contributed by atoms with Crippen molar-refractivity contribution in [2.24, 2.45) is 0 Å². The van der Waals surface area contributed by atoms with Gasteiger partial charge in [-0.1, -0.05) is 22.9 Å². The Bertz CT molecular complexity index is 429. The SMILES string of the molecule is Cc1cc(C)c[n+](Nc2ccccc2)c1. The highest BCUT2D eigenvalue weighted by Gasteiger charge is 2.02. The number of hydrogen-bond donors (Lipinski definition) is 1. The quantitative estimate of drug-likeness (QED) is 0.735. The molecule has 0 spiro atoms. The Balaban J connectivity index is 2.25. The van der Waals surface area contributed by atoms with Crippen LogP contribution < -0.4 is 10.1 Å². The van der Waals surface area contributed by atoms with Gasteiger partial charge < -0.3 is 0 Å². The van der Waals surface area contributed by atoms with Crippen LogP contribution in [0.15, 0.2) is 48.8 Å². The molecule has 2 heteroatoms. The minimum atomic E-state index is 1.09. The number of nitrogens with zero attached hydrogens (tertiary/aromatic N) is 1. The zero-order chi connectivity index (χ0) is 10.7. The molecule has 0 saturated carbocycles. The van der Waals surface area contributed by atoms with Gasteiger partial charge in [0.15, 0.2) is 0 Å². The minimum Gasteiger partial charge on any atom is -0.161 e. The molecule has 1 aromatic heterocycles. The molecule has 0 atom stereocenters. The second-order valence-electron chi connectivity index (χ2n) is 3.78. The first-order valence-corrected chi connectivity index (χ1v) is 5.06. The fourth-order valence-corrected chi connectivity index (χ4v) is 1.64. The maximum atomic E-state index is 3.30. The van der Waals surface area contributed by atoms with Crippen molar-refractivity contribution in [2.75, 3.05) is 5.43 Å². The summed E-state index contributed by atoms with van der Waals surface area (Å²) in [6.45, 7) is 4.19. The molecule has 0 aliphatic rings. The van der Waals surface area contributed by atoms with Crippen LogP contribution >= 0.6 is 0 Å². The molecule has 1 heterocycles. The largest absolute Gasteiger partial charge is 0.202 e. The molecule has 0 radical (unpaired) electrons. The molecule has 1 N–H and O–H groups in total. The topological polar surface area (TPSA) is 15.9 Å². The van der Waals surface area contributed by atoms with E-state index in [1.165, 1.54) is 11.1 Å². The molecule has 15 heavy (non-hydrogen) atoms. The number of rotatable bonds is 2. The molecule has 0 saturated heterocycles. The van der Waals surface area contributed by atoms with Crippen LogP contribution in [0.3, 0.4) is 0 Å². The molecule has 2 rings (SSSR count). The summed E-state index contributed by atoms with van der Waals surface area (Å²) in [5.74, 6) is 0. The van der Waals surface area contributed by atoms with Crippen molar-refractivity contribution in [1.29, 1.82) is 0 Å². The van der Waals surface area contributed by atoms with Gasteiger partial charge in [0.25, 0.3) is 0 Å². The number of pyridine rings is 1. The zero-order valence-electron chi connectivity index (χ0n) is 9.07.